The Morgan fingerprint density at radius 2 is 1.76 bits per heavy atom. The number of rotatable bonds is 15. The maximum absolute atomic E-state index is 13.1. The minimum Gasteiger partial charge on any atom is -0.459 e. The second kappa shape index (κ2) is 22.0. The zero-order valence-corrected chi connectivity index (χ0v) is 41.2. The highest BCUT2D eigenvalue weighted by Gasteiger charge is 2.55. The molecule has 0 bridgehead atoms. The Bertz CT molecular complexity index is 1830. The molecule has 0 aromatic rings. The highest BCUT2D eigenvalue weighted by molar-refractivity contribution is 5.78. The maximum atomic E-state index is 13.1. The molecule has 7 aliphatic rings. The summed E-state index contributed by atoms with van der Waals surface area (Å²) in [6.07, 6.45) is 13.8. The molecule has 0 amide bonds. The molecule has 6 saturated heterocycles. The predicted molar refractivity (Wildman–Crippen MR) is 250 cm³/mol. The van der Waals surface area contributed by atoms with E-state index in [-0.39, 0.29) is 49.8 Å². The van der Waals surface area contributed by atoms with Gasteiger partial charge in [-0.15, -0.1) is 0 Å². The third-order valence-corrected chi connectivity index (χ3v) is 15.5. The molecule has 6 fully saturated rings. The van der Waals surface area contributed by atoms with E-state index in [1.165, 1.54) is 6.92 Å². The first-order valence-corrected chi connectivity index (χ1v) is 25.4. The Hall–Kier alpha value is -2.31. The van der Waals surface area contributed by atoms with E-state index in [2.05, 4.69) is 33.4 Å². The van der Waals surface area contributed by atoms with Crippen LogP contribution >= 0.6 is 0 Å². The quantitative estimate of drug-likeness (QED) is 0.0644. The molecule has 17 atom stereocenters. The Morgan fingerprint density at radius 3 is 2.51 bits per heavy atom. The SMILES string of the molecule is C=C1[C@@H](O)C2OC3(CCC2O[C@@H]1[C@@H](O)C[C@H](C)C1O[C@@]2(CCCCO2)CC[C@H]1C)CC[C@H](/C=C/[C@@H](C)[C@@H]1CC(C)=CC2(O[C@H](C[C@@](C)(O)C(=O)OC/C(C)=C/C(C)=C/CCO)CC[C@H]2O)O1)O3. The number of fused-ring (bicyclic) bond motifs is 1. The number of carbonyl (C=O) groups is 1. The highest BCUT2D eigenvalue weighted by atomic mass is 16.7. The van der Waals surface area contributed by atoms with Gasteiger partial charge in [-0.3, -0.25) is 0 Å². The van der Waals surface area contributed by atoms with E-state index in [4.69, 9.17) is 43.0 Å². The first kappa shape index (κ1) is 52.5. The Kier molecular flexibility index (Phi) is 17.2. The first-order valence-electron chi connectivity index (χ1n) is 25.4. The summed E-state index contributed by atoms with van der Waals surface area (Å²) in [4.78, 5) is 13.1. The summed E-state index contributed by atoms with van der Waals surface area (Å²) >= 11 is 0. The molecule has 7 aliphatic heterocycles. The summed E-state index contributed by atoms with van der Waals surface area (Å²) in [6, 6.07) is 0. The first-order chi connectivity index (χ1) is 31.8. The molecule has 67 heavy (non-hydrogen) atoms. The molecule has 3 spiro atoms. The lowest BCUT2D eigenvalue weighted by Gasteiger charge is -2.50. The van der Waals surface area contributed by atoms with Gasteiger partial charge in [0.1, 0.15) is 31.0 Å². The molecular formula is C53H82O14. The van der Waals surface area contributed by atoms with Crippen LogP contribution in [0.3, 0.4) is 0 Å². The zero-order chi connectivity index (χ0) is 48.3. The largest absolute Gasteiger partial charge is 0.459 e. The lowest BCUT2D eigenvalue weighted by Crippen LogP contribution is -2.60. The molecular weight excluding hydrogens is 861 g/mol. The number of ether oxygens (including phenoxy) is 8. The van der Waals surface area contributed by atoms with Gasteiger partial charge in [-0.05, 0) is 121 Å². The van der Waals surface area contributed by atoms with E-state index in [1.807, 2.05) is 45.1 Å². The number of aliphatic hydroxyl groups is 5. The van der Waals surface area contributed by atoms with Crippen LogP contribution in [0.25, 0.3) is 0 Å². The van der Waals surface area contributed by atoms with Crippen LogP contribution in [-0.2, 0) is 42.7 Å². The molecule has 0 aliphatic carbocycles. The maximum Gasteiger partial charge on any atom is 0.338 e. The molecule has 0 radical (unpaired) electrons. The van der Waals surface area contributed by atoms with Gasteiger partial charge >= 0.3 is 5.97 Å². The fourth-order valence-electron chi connectivity index (χ4n) is 11.7. The van der Waals surface area contributed by atoms with Crippen LogP contribution in [0.1, 0.15) is 145 Å². The van der Waals surface area contributed by atoms with Crippen molar-refractivity contribution in [1.29, 1.82) is 0 Å². The van der Waals surface area contributed by atoms with Crippen molar-refractivity contribution in [3.63, 3.8) is 0 Å². The van der Waals surface area contributed by atoms with Gasteiger partial charge in [-0.25, -0.2) is 4.79 Å². The van der Waals surface area contributed by atoms with E-state index >= 15 is 0 Å². The summed E-state index contributed by atoms with van der Waals surface area (Å²) in [5, 5.41) is 54.9. The number of esters is 1. The third kappa shape index (κ3) is 12.4. The van der Waals surface area contributed by atoms with Crippen molar-refractivity contribution in [2.75, 3.05) is 19.8 Å². The van der Waals surface area contributed by atoms with Crippen molar-refractivity contribution in [3.05, 3.63) is 59.3 Å². The molecule has 0 aromatic heterocycles. The molecule has 14 heteroatoms. The van der Waals surface area contributed by atoms with Gasteiger partial charge in [0.05, 0.1) is 43.2 Å². The van der Waals surface area contributed by atoms with Gasteiger partial charge in [0, 0.05) is 44.6 Å². The summed E-state index contributed by atoms with van der Waals surface area (Å²) in [5.41, 5.74) is 1.33. The van der Waals surface area contributed by atoms with Crippen LogP contribution in [0.15, 0.2) is 59.3 Å². The van der Waals surface area contributed by atoms with Gasteiger partial charge in [-0.2, -0.15) is 0 Å². The van der Waals surface area contributed by atoms with Gasteiger partial charge in [-0.1, -0.05) is 62.8 Å². The number of carbonyl (C=O) groups excluding carboxylic acids is 1. The number of hydrogen-bond acceptors (Lipinski definition) is 14. The zero-order valence-electron chi connectivity index (χ0n) is 41.2. The average molecular weight is 943 g/mol. The Morgan fingerprint density at radius 1 is 1.00 bits per heavy atom. The topological polar surface area (TPSA) is 192 Å². The standard InChI is InChI=1S/C53H82O14/c1-32(12-11-24-54)26-34(3)31-60-49(58)50(8,59)30-40-15-16-44(56)53(64-40)29-33(2)27-43(65-53)35(4)13-14-39-18-22-52(63-39)23-19-42-48(67-52)45(57)38(7)47(62-42)41(55)28-37(6)46-36(5)17-21-51(66-46)20-9-10-25-61-51/h12-14,26,29,35-37,39-48,54-57,59H,7,9-11,15-25,27-28,30-31H2,1-6,8H3/b14-13+,32-12+,34-26+/t35-,36-,37+,39+,40+,41+,42?,43+,44-,45-,46?,47+,48?,50-,51+,52?,53?/m1/s1. The lowest BCUT2D eigenvalue weighted by atomic mass is 9.79. The van der Waals surface area contributed by atoms with E-state index < -0.39 is 71.7 Å². The van der Waals surface area contributed by atoms with Gasteiger partial charge in [0.25, 0.3) is 0 Å². The van der Waals surface area contributed by atoms with E-state index in [9.17, 15) is 25.2 Å². The fraction of sp³-hybridized carbons (Fsp3) is 0.792. The Balaban J connectivity index is 0.897. The van der Waals surface area contributed by atoms with Crippen molar-refractivity contribution in [1.82, 2.24) is 0 Å². The average Bonchev–Trinajstić information content (AvgIpc) is 3.68. The van der Waals surface area contributed by atoms with E-state index in [0.717, 1.165) is 61.9 Å². The normalized spacial score (nSPS) is 41.0. The third-order valence-electron chi connectivity index (χ3n) is 15.5. The van der Waals surface area contributed by atoms with Crippen molar-refractivity contribution in [2.24, 2.45) is 17.8 Å². The minimum absolute atomic E-state index is 0.0149. The van der Waals surface area contributed by atoms with Crippen molar-refractivity contribution >= 4 is 5.97 Å². The summed E-state index contributed by atoms with van der Waals surface area (Å²) in [7, 11) is 0. The number of hydrogen-bond donors (Lipinski definition) is 5. The van der Waals surface area contributed by atoms with Gasteiger partial charge in [0.2, 0.25) is 5.79 Å². The molecule has 7 heterocycles. The molecule has 7 rings (SSSR count). The summed E-state index contributed by atoms with van der Waals surface area (Å²) in [6.45, 7) is 18.6. The monoisotopic (exact) mass is 943 g/mol. The number of aliphatic hydroxyl groups excluding tert-OH is 4. The van der Waals surface area contributed by atoms with Crippen LogP contribution < -0.4 is 0 Å². The van der Waals surface area contributed by atoms with Crippen molar-refractivity contribution in [2.45, 2.75) is 229 Å². The molecule has 378 valence electrons. The molecule has 0 saturated carbocycles. The smallest absolute Gasteiger partial charge is 0.338 e. The van der Waals surface area contributed by atoms with Crippen molar-refractivity contribution < 1.29 is 68.2 Å². The molecule has 5 N–H and O–H groups in total. The Labute approximate surface area is 398 Å². The second-order valence-electron chi connectivity index (χ2n) is 21.6. The second-order valence-corrected chi connectivity index (χ2v) is 21.6. The summed E-state index contributed by atoms with van der Waals surface area (Å²) in [5.74, 6) is -3.30. The molecule has 0 aromatic carbocycles. The fourth-order valence-corrected chi connectivity index (χ4v) is 11.7. The van der Waals surface area contributed by atoms with E-state index in [0.29, 0.717) is 62.9 Å². The van der Waals surface area contributed by atoms with Crippen LogP contribution in [0.4, 0.5) is 0 Å². The highest BCUT2D eigenvalue weighted by Crippen LogP contribution is 2.47. The van der Waals surface area contributed by atoms with E-state index in [1.54, 1.807) is 0 Å². The van der Waals surface area contributed by atoms with Gasteiger partial charge < -0.3 is 63.4 Å². The van der Waals surface area contributed by atoms with Crippen molar-refractivity contribution in [3.8, 4) is 0 Å². The number of allylic oxidation sites excluding steroid dienone is 2. The van der Waals surface area contributed by atoms with Crippen LogP contribution in [0.5, 0.6) is 0 Å². The molecule has 5 unspecified atom stereocenters. The summed E-state index contributed by atoms with van der Waals surface area (Å²) < 4.78 is 51.3. The minimum atomic E-state index is -1.83. The predicted octanol–water partition coefficient (Wildman–Crippen LogP) is 6.95. The van der Waals surface area contributed by atoms with Gasteiger partial charge in [0.15, 0.2) is 17.2 Å². The van der Waals surface area contributed by atoms with Crippen LogP contribution in [0.2, 0.25) is 0 Å². The molecule has 14 nitrogen and oxygen atoms in total. The lowest BCUT2D eigenvalue weighted by molar-refractivity contribution is -0.321. The van der Waals surface area contributed by atoms with Crippen LogP contribution in [0, 0.1) is 17.8 Å². The van der Waals surface area contributed by atoms with Crippen LogP contribution in [-0.4, -0.2) is 135 Å².